The van der Waals surface area contributed by atoms with Crippen LogP contribution in [0.5, 0.6) is 0 Å². The van der Waals surface area contributed by atoms with Crippen molar-refractivity contribution in [3.8, 4) is 0 Å². The number of carbonyl (C=O) groups excluding carboxylic acids is 2. The van der Waals surface area contributed by atoms with Gasteiger partial charge in [0.1, 0.15) is 0 Å². The van der Waals surface area contributed by atoms with E-state index < -0.39 is 0 Å². The first-order valence-electron chi connectivity index (χ1n) is 7.19. The van der Waals surface area contributed by atoms with Crippen LogP contribution in [0.25, 0.3) is 0 Å². The van der Waals surface area contributed by atoms with Crippen LogP contribution in [-0.2, 0) is 16.1 Å². The number of benzene rings is 1. The quantitative estimate of drug-likeness (QED) is 0.881. The molecule has 1 aliphatic rings. The molecule has 1 aromatic carbocycles. The molecule has 0 aromatic heterocycles. The lowest BCUT2D eigenvalue weighted by molar-refractivity contribution is -0.129. The second-order valence-corrected chi connectivity index (χ2v) is 5.65. The third-order valence-electron chi connectivity index (χ3n) is 3.75. The lowest BCUT2D eigenvalue weighted by Gasteiger charge is -2.21. The minimum absolute atomic E-state index is 0.0259. The zero-order chi connectivity index (χ0) is 14.5. The van der Waals surface area contributed by atoms with Crippen molar-refractivity contribution in [2.75, 3.05) is 6.54 Å². The molecule has 4 heteroatoms. The molecule has 2 N–H and O–H groups in total. The van der Waals surface area contributed by atoms with Crippen LogP contribution < -0.4 is 10.6 Å². The Morgan fingerprint density at radius 3 is 2.60 bits per heavy atom. The van der Waals surface area contributed by atoms with Crippen molar-refractivity contribution in [1.82, 2.24) is 10.6 Å². The molecule has 1 atom stereocenters. The minimum atomic E-state index is -0.0948. The summed E-state index contributed by atoms with van der Waals surface area (Å²) in [5.74, 6) is 0.489. The summed E-state index contributed by atoms with van der Waals surface area (Å²) in [6.07, 6.45) is 1.09. The van der Waals surface area contributed by atoms with Crippen molar-refractivity contribution in [3.63, 3.8) is 0 Å². The summed E-state index contributed by atoms with van der Waals surface area (Å²) in [7, 11) is 0. The van der Waals surface area contributed by atoms with Gasteiger partial charge in [-0.05, 0) is 23.5 Å². The van der Waals surface area contributed by atoms with Gasteiger partial charge in [0.15, 0.2) is 0 Å². The number of rotatable bonds is 4. The average Bonchev–Trinajstić information content (AvgIpc) is 2.46. The average molecular weight is 274 g/mol. The molecule has 1 unspecified atom stereocenters. The van der Waals surface area contributed by atoms with Crippen LogP contribution in [-0.4, -0.2) is 18.4 Å². The van der Waals surface area contributed by atoms with Gasteiger partial charge in [-0.1, -0.05) is 38.1 Å². The lowest BCUT2D eigenvalue weighted by atomic mass is 9.98. The summed E-state index contributed by atoms with van der Waals surface area (Å²) in [6, 6.07) is 8.32. The maximum Gasteiger partial charge on any atom is 0.225 e. The Hall–Kier alpha value is -1.84. The Balaban J connectivity index is 1.82. The molecule has 0 radical (unpaired) electrons. The van der Waals surface area contributed by atoms with Gasteiger partial charge in [-0.2, -0.15) is 0 Å². The number of hydrogen-bond acceptors (Lipinski definition) is 2. The van der Waals surface area contributed by atoms with Crippen molar-refractivity contribution in [2.24, 2.45) is 5.92 Å². The van der Waals surface area contributed by atoms with E-state index in [1.807, 2.05) is 0 Å². The largest absolute Gasteiger partial charge is 0.355 e. The van der Waals surface area contributed by atoms with Gasteiger partial charge in [-0.15, -0.1) is 0 Å². The van der Waals surface area contributed by atoms with E-state index in [1.54, 1.807) is 0 Å². The van der Waals surface area contributed by atoms with Crippen molar-refractivity contribution in [2.45, 2.75) is 39.2 Å². The molecule has 1 fully saturated rings. The molecule has 1 aromatic rings. The van der Waals surface area contributed by atoms with Crippen LogP contribution in [0.4, 0.5) is 0 Å². The number of piperidine rings is 1. The van der Waals surface area contributed by atoms with Gasteiger partial charge in [-0.3, -0.25) is 9.59 Å². The Kier molecular flexibility index (Phi) is 4.77. The van der Waals surface area contributed by atoms with Crippen LogP contribution >= 0.6 is 0 Å². The molecule has 2 amide bonds. The maximum atomic E-state index is 12.0. The predicted octanol–water partition coefficient (Wildman–Crippen LogP) is 1.95. The van der Waals surface area contributed by atoms with E-state index in [1.165, 1.54) is 5.56 Å². The predicted molar refractivity (Wildman–Crippen MR) is 78.1 cm³/mol. The summed E-state index contributed by atoms with van der Waals surface area (Å²) >= 11 is 0. The SMILES string of the molecule is CC(C)c1ccc(CNC(=O)C2CCC(=O)NC2)cc1. The molecule has 1 heterocycles. The number of amides is 2. The first-order valence-corrected chi connectivity index (χ1v) is 7.19. The van der Waals surface area contributed by atoms with Crippen LogP contribution in [0.2, 0.25) is 0 Å². The Morgan fingerprint density at radius 1 is 1.35 bits per heavy atom. The fraction of sp³-hybridized carbons (Fsp3) is 0.500. The fourth-order valence-corrected chi connectivity index (χ4v) is 2.31. The normalized spacial score (nSPS) is 18.8. The molecule has 20 heavy (non-hydrogen) atoms. The van der Waals surface area contributed by atoms with Crippen LogP contribution in [0.15, 0.2) is 24.3 Å². The van der Waals surface area contributed by atoms with E-state index in [0.29, 0.717) is 31.8 Å². The van der Waals surface area contributed by atoms with Crippen molar-refractivity contribution >= 4 is 11.8 Å². The van der Waals surface area contributed by atoms with Crippen molar-refractivity contribution in [1.29, 1.82) is 0 Å². The molecule has 1 saturated heterocycles. The lowest BCUT2D eigenvalue weighted by Crippen LogP contribution is -2.42. The molecule has 0 saturated carbocycles. The molecule has 108 valence electrons. The number of hydrogen-bond donors (Lipinski definition) is 2. The zero-order valence-electron chi connectivity index (χ0n) is 12.1. The fourth-order valence-electron chi connectivity index (χ4n) is 2.31. The van der Waals surface area contributed by atoms with Crippen LogP contribution in [0, 0.1) is 5.92 Å². The number of nitrogens with one attached hydrogen (secondary N) is 2. The molecule has 0 spiro atoms. The smallest absolute Gasteiger partial charge is 0.225 e. The second-order valence-electron chi connectivity index (χ2n) is 5.65. The molecule has 4 nitrogen and oxygen atoms in total. The standard InChI is InChI=1S/C16H22N2O2/c1-11(2)13-5-3-12(4-6-13)9-18-16(20)14-7-8-15(19)17-10-14/h3-6,11,14H,7-10H2,1-2H3,(H,17,19)(H,18,20). The molecular formula is C16H22N2O2. The van der Waals surface area contributed by atoms with Gasteiger partial charge in [0.2, 0.25) is 11.8 Å². The highest BCUT2D eigenvalue weighted by atomic mass is 16.2. The van der Waals surface area contributed by atoms with Gasteiger partial charge in [0, 0.05) is 19.5 Å². The second kappa shape index (κ2) is 6.55. The molecule has 0 aliphatic carbocycles. The van der Waals surface area contributed by atoms with Crippen LogP contribution in [0.1, 0.15) is 43.7 Å². The maximum absolute atomic E-state index is 12.0. The van der Waals surface area contributed by atoms with Gasteiger partial charge in [0.25, 0.3) is 0 Å². The summed E-state index contributed by atoms with van der Waals surface area (Å²) < 4.78 is 0. The monoisotopic (exact) mass is 274 g/mol. The van der Waals surface area contributed by atoms with Crippen molar-refractivity contribution in [3.05, 3.63) is 35.4 Å². The van der Waals surface area contributed by atoms with E-state index in [9.17, 15) is 9.59 Å². The van der Waals surface area contributed by atoms with E-state index in [2.05, 4.69) is 48.7 Å². The van der Waals surface area contributed by atoms with Gasteiger partial charge < -0.3 is 10.6 Å². The highest BCUT2D eigenvalue weighted by molar-refractivity contribution is 5.83. The zero-order valence-corrected chi connectivity index (χ0v) is 12.1. The third-order valence-corrected chi connectivity index (χ3v) is 3.75. The van der Waals surface area contributed by atoms with E-state index in [-0.39, 0.29) is 17.7 Å². The van der Waals surface area contributed by atoms with Gasteiger partial charge >= 0.3 is 0 Å². The Bertz CT molecular complexity index is 470. The highest BCUT2D eigenvalue weighted by Crippen LogP contribution is 2.15. The first-order chi connectivity index (χ1) is 9.56. The molecular weight excluding hydrogens is 252 g/mol. The Labute approximate surface area is 119 Å². The third kappa shape index (κ3) is 3.83. The highest BCUT2D eigenvalue weighted by Gasteiger charge is 2.23. The van der Waals surface area contributed by atoms with Crippen molar-refractivity contribution < 1.29 is 9.59 Å². The van der Waals surface area contributed by atoms with E-state index in [0.717, 1.165) is 5.56 Å². The van der Waals surface area contributed by atoms with Gasteiger partial charge in [0.05, 0.1) is 5.92 Å². The number of carbonyl (C=O) groups is 2. The summed E-state index contributed by atoms with van der Waals surface area (Å²) in [6.45, 7) is 5.32. The van der Waals surface area contributed by atoms with E-state index in [4.69, 9.17) is 0 Å². The van der Waals surface area contributed by atoms with Gasteiger partial charge in [-0.25, -0.2) is 0 Å². The Morgan fingerprint density at radius 2 is 2.05 bits per heavy atom. The first kappa shape index (κ1) is 14.6. The van der Waals surface area contributed by atoms with E-state index >= 15 is 0 Å². The summed E-state index contributed by atoms with van der Waals surface area (Å²) in [5, 5.41) is 5.67. The van der Waals surface area contributed by atoms with Crippen LogP contribution in [0.3, 0.4) is 0 Å². The minimum Gasteiger partial charge on any atom is -0.355 e. The molecule has 2 rings (SSSR count). The molecule has 1 aliphatic heterocycles. The summed E-state index contributed by atoms with van der Waals surface area (Å²) in [4.78, 5) is 23.0. The topological polar surface area (TPSA) is 58.2 Å². The summed E-state index contributed by atoms with van der Waals surface area (Å²) in [5.41, 5.74) is 2.40. The molecule has 0 bridgehead atoms.